The van der Waals surface area contributed by atoms with Gasteiger partial charge in [0.1, 0.15) is 5.82 Å². The molecule has 1 aromatic heterocycles. The highest BCUT2D eigenvalue weighted by atomic mass is 16.5. The van der Waals surface area contributed by atoms with Crippen LogP contribution in [0, 0.1) is 0 Å². The van der Waals surface area contributed by atoms with Gasteiger partial charge in [0.05, 0.1) is 12.7 Å². The van der Waals surface area contributed by atoms with Gasteiger partial charge < -0.3 is 20.7 Å². The summed E-state index contributed by atoms with van der Waals surface area (Å²) < 4.78 is 5.58. The molecule has 0 aromatic carbocycles. The number of ether oxygens (including phenoxy) is 1. The summed E-state index contributed by atoms with van der Waals surface area (Å²) in [6.07, 6.45) is 1.93. The summed E-state index contributed by atoms with van der Waals surface area (Å²) in [4.78, 5) is 8.51. The zero-order chi connectivity index (χ0) is 11.9. The third-order valence-corrected chi connectivity index (χ3v) is 2.51. The minimum Gasteiger partial charge on any atom is -0.374 e. The Labute approximate surface area is 101 Å². The van der Waals surface area contributed by atoms with Gasteiger partial charge in [-0.3, -0.25) is 0 Å². The highest BCUT2D eigenvalue weighted by molar-refractivity contribution is 5.39. The molecule has 1 atom stereocenters. The Morgan fingerprint density at radius 3 is 3.24 bits per heavy atom. The number of nitrogens with one attached hydrogen (secondary N) is 3. The van der Waals surface area contributed by atoms with Crippen molar-refractivity contribution in [2.45, 2.75) is 13.0 Å². The average molecular weight is 237 g/mol. The summed E-state index contributed by atoms with van der Waals surface area (Å²) in [5.41, 5.74) is 0. The van der Waals surface area contributed by atoms with Gasteiger partial charge in [0.2, 0.25) is 5.95 Å². The molecule has 3 N–H and O–H groups in total. The van der Waals surface area contributed by atoms with E-state index >= 15 is 0 Å². The molecule has 1 unspecified atom stereocenters. The number of nitrogens with zero attached hydrogens (tertiary/aromatic N) is 2. The lowest BCUT2D eigenvalue weighted by atomic mass is 10.3. The van der Waals surface area contributed by atoms with Crippen molar-refractivity contribution in [3.63, 3.8) is 0 Å². The molecule has 2 heterocycles. The zero-order valence-electron chi connectivity index (χ0n) is 10.1. The Morgan fingerprint density at radius 2 is 2.47 bits per heavy atom. The fourth-order valence-electron chi connectivity index (χ4n) is 1.68. The molecule has 1 aliphatic heterocycles. The number of hydrogen-bond donors (Lipinski definition) is 3. The maximum Gasteiger partial charge on any atom is 0.224 e. The van der Waals surface area contributed by atoms with Gasteiger partial charge in [-0.1, -0.05) is 0 Å². The van der Waals surface area contributed by atoms with Crippen molar-refractivity contribution in [2.75, 3.05) is 43.4 Å². The molecule has 1 saturated heterocycles. The van der Waals surface area contributed by atoms with Crippen LogP contribution in [0.3, 0.4) is 0 Å². The highest BCUT2D eigenvalue weighted by Gasteiger charge is 2.13. The molecule has 2 rings (SSSR count). The van der Waals surface area contributed by atoms with E-state index in [2.05, 4.69) is 25.9 Å². The third-order valence-electron chi connectivity index (χ3n) is 2.51. The average Bonchev–Trinajstić information content (AvgIpc) is 2.39. The van der Waals surface area contributed by atoms with E-state index in [0.717, 1.165) is 38.6 Å². The van der Waals surface area contributed by atoms with Crippen LogP contribution in [-0.4, -0.2) is 48.9 Å². The van der Waals surface area contributed by atoms with E-state index in [4.69, 9.17) is 4.74 Å². The summed E-state index contributed by atoms with van der Waals surface area (Å²) in [7, 11) is 0. The molecule has 0 aliphatic carbocycles. The van der Waals surface area contributed by atoms with Crippen LogP contribution < -0.4 is 16.0 Å². The van der Waals surface area contributed by atoms with E-state index in [0.29, 0.717) is 5.95 Å². The molecule has 0 amide bonds. The molecule has 6 heteroatoms. The highest BCUT2D eigenvalue weighted by Crippen LogP contribution is 2.06. The quantitative estimate of drug-likeness (QED) is 0.684. The summed E-state index contributed by atoms with van der Waals surface area (Å²) in [5.74, 6) is 1.48. The second-order valence-corrected chi connectivity index (χ2v) is 3.87. The Bertz CT molecular complexity index is 340. The first-order valence-electron chi connectivity index (χ1n) is 6.01. The molecule has 6 nitrogen and oxygen atoms in total. The smallest absolute Gasteiger partial charge is 0.224 e. The third kappa shape index (κ3) is 3.83. The second kappa shape index (κ2) is 6.36. The van der Waals surface area contributed by atoms with E-state index < -0.39 is 0 Å². The maximum absolute atomic E-state index is 5.58. The number of aromatic nitrogens is 2. The van der Waals surface area contributed by atoms with E-state index in [1.54, 1.807) is 6.20 Å². The molecule has 0 spiro atoms. The summed E-state index contributed by atoms with van der Waals surface area (Å²) in [6.45, 7) is 6.19. The van der Waals surface area contributed by atoms with Gasteiger partial charge in [-0.15, -0.1) is 0 Å². The SMILES string of the molecule is CCNc1ccnc(NCC2CNCCO2)n1. The molecule has 0 radical (unpaired) electrons. The van der Waals surface area contributed by atoms with Crippen LogP contribution in [0.25, 0.3) is 0 Å². The maximum atomic E-state index is 5.58. The lowest BCUT2D eigenvalue weighted by molar-refractivity contribution is 0.0371. The summed E-state index contributed by atoms with van der Waals surface area (Å²) >= 11 is 0. The van der Waals surface area contributed by atoms with Gasteiger partial charge >= 0.3 is 0 Å². The molecule has 0 saturated carbocycles. The fraction of sp³-hybridized carbons (Fsp3) is 0.636. The van der Waals surface area contributed by atoms with Crippen molar-refractivity contribution in [3.05, 3.63) is 12.3 Å². The van der Waals surface area contributed by atoms with E-state index in [1.807, 2.05) is 13.0 Å². The zero-order valence-corrected chi connectivity index (χ0v) is 10.1. The van der Waals surface area contributed by atoms with Crippen molar-refractivity contribution < 1.29 is 4.74 Å². The minimum absolute atomic E-state index is 0.190. The van der Waals surface area contributed by atoms with Crippen LogP contribution in [0.1, 0.15) is 6.92 Å². The number of hydrogen-bond acceptors (Lipinski definition) is 6. The van der Waals surface area contributed by atoms with Crippen molar-refractivity contribution in [1.82, 2.24) is 15.3 Å². The first kappa shape index (κ1) is 12.1. The molecule has 1 aromatic rings. The van der Waals surface area contributed by atoms with Gasteiger partial charge in [0.15, 0.2) is 0 Å². The van der Waals surface area contributed by atoms with Crippen LogP contribution in [-0.2, 0) is 4.74 Å². The number of morpholine rings is 1. The van der Waals surface area contributed by atoms with Gasteiger partial charge in [0.25, 0.3) is 0 Å². The largest absolute Gasteiger partial charge is 0.374 e. The van der Waals surface area contributed by atoms with Crippen LogP contribution in [0.2, 0.25) is 0 Å². The molecule has 1 fully saturated rings. The van der Waals surface area contributed by atoms with E-state index in [-0.39, 0.29) is 6.10 Å². The van der Waals surface area contributed by atoms with Crippen molar-refractivity contribution in [1.29, 1.82) is 0 Å². The topological polar surface area (TPSA) is 71.1 Å². The minimum atomic E-state index is 0.190. The molecule has 94 valence electrons. The first-order valence-corrected chi connectivity index (χ1v) is 6.01. The molecular weight excluding hydrogens is 218 g/mol. The Balaban J connectivity index is 1.83. The molecule has 1 aliphatic rings. The van der Waals surface area contributed by atoms with Crippen molar-refractivity contribution in [2.24, 2.45) is 0 Å². The van der Waals surface area contributed by atoms with Crippen molar-refractivity contribution in [3.8, 4) is 0 Å². The monoisotopic (exact) mass is 237 g/mol. The normalized spacial score (nSPS) is 19.9. The molecule has 17 heavy (non-hydrogen) atoms. The first-order chi connectivity index (χ1) is 8.38. The molecule has 0 bridgehead atoms. The van der Waals surface area contributed by atoms with E-state index in [9.17, 15) is 0 Å². The predicted molar refractivity (Wildman–Crippen MR) is 67.3 cm³/mol. The lowest BCUT2D eigenvalue weighted by Gasteiger charge is -2.23. The molecular formula is C11H19N5O. The van der Waals surface area contributed by atoms with Crippen LogP contribution in [0.5, 0.6) is 0 Å². The van der Waals surface area contributed by atoms with Crippen LogP contribution in [0.15, 0.2) is 12.3 Å². The fourth-order valence-corrected chi connectivity index (χ4v) is 1.68. The predicted octanol–water partition coefficient (Wildman–Crippen LogP) is 0.309. The van der Waals surface area contributed by atoms with Gasteiger partial charge in [-0.05, 0) is 13.0 Å². The van der Waals surface area contributed by atoms with Gasteiger partial charge in [0, 0.05) is 32.4 Å². The van der Waals surface area contributed by atoms with Crippen LogP contribution in [0.4, 0.5) is 11.8 Å². The Kier molecular flexibility index (Phi) is 4.52. The number of rotatable bonds is 5. The van der Waals surface area contributed by atoms with Gasteiger partial charge in [-0.25, -0.2) is 4.98 Å². The van der Waals surface area contributed by atoms with Gasteiger partial charge in [-0.2, -0.15) is 4.98 Å². The number of anilines is 2. The lowest BCUT2D eigenvalue weighted by Crippen LogP contribution is -2.42. The summed E-state index contributed by atoms with van der Waals surface area (Å²) in [6, 6.07) is 1.85. The standard InChI is InChI=1S/C11H19N5O/c1-2-13-10-3-4-14-11(16-10)15-8-9-7-12-5-6-17-9/h3-4,9,12H,2,5-8H2,1H3,(H2,13,14,15,16). The van der Waals surface area contributed by atoms with Crippen molar-refractivity contribution >= 4 is 11.8 Å². The summed E-state index contributed by atoms with van der Waals surface area (Å²) in [5, 5.41) is 9.62. The Morgan fingerprint density at radius 1 is 1.53 bits per heavy atom. The Hall–Kier alpha value is -1.40. The second-order valence-electron chi connectivity index (χ2n) is 3.87. The van der Waals surface area contributed by atoms with E-state index in [1.165, 1.54) is 0 Å². The van der Waals surface area contributed by atoms with Crippen LogP contribution >= 0.6 is 0 Å².